The zero-order chi connectivity index (χ0) is 15.5. The second-order valence-electron chi connectivity index (χ2n) is 6.13. The average Bonchev–Trinajstić information content (AvgIpc) is 2.54. The zero-order valence-electron chi connectivity index (χ0n) is 13.4. The quantitative estimate of drug-likeness (QED) is 0.903. The van der Waals surface area contributed by atoms with Crippen molar-refractivity contribution in [3.63, 3.8) is 0 Å². The Bertz CT molecular complexity index is 474. The summed E-state index contributed by atoms with van der Waals surface area (Å²) in [6, 6.07) is 4.85. The number of nitrogens with two attached hydrogens (primary N) is 1. The molecule has 1 aliphatic rings. The molecule has 1 heterocycles. The van der Waals surface area contributed by atoms with E-state index in [1.807, 2.05) is 6.07 Å². The molecule has 1 saturated heterocycles. The van der Waals surface area contributed by atoms with E-state index in [2.05, 4.69) is 18.7 Å². The van der Waals surface area contributed by atoms with Crippen molar-refractivity contribution < 1.29 is 9.13 Å². The maximum atomic E-state index is 14.0. The highest BCUT2D eigenvalue weighted by atomic mass is 19.1. The standard InChI is InChI=1S/C17H27FN2O/c1-4-17(2,20-10-6-5-7-11-20)16(19)13-8-9-15(21-3)14(18)12-13/h8-9,12,16H,4-7,10-11,19H2,1-3H3. The van der Waals surface area contributed by atoms with Crippen LogP contribution in [-0.4, -0.2) is 30.6 Å². The van der Waals surface area contributed by atoms with Gasteiger partial charge >= 0.3 is 0 Å². The lowest BCUT2D eigenvalue weighted by Gasteiger charge is -2.47. The van der Waals surface area contributed by atoms with Crippen LogP contribution in [0.15, 0.2) is 18.2 Å². The number of piperidine rings is 1. The molecule has 2 unspecified atom stereocenters. The zero-order valence-corrected chi connectivity index (χ0v) is 13.4. The Labute approximate surface area is 127 Å². The highest BCUT2D eigenvalue weighted by molar-refractivity contribution is 5.32. The molecule has 0 aliphatic carbocycles. The Morgan fingerprint density at radius 2 is 2.00 bits per heavy atom. The normalized spacial score (nSPS) is 20.8. The molecule has 2 atom stereocenters. The monoisotopic (exact) mass is 294 g/mol. The molecule has 0 radical (unpaired) electrons. The fourth-order valence-electron chi connectivity index (χ4n) is 3.28. The summed E-state index contributed by atoms with van der Waals surface area (Å²) in [5.41, 5.74) is 7.22. The van der Waals surface area contributed by atoms with E-state index in [0.29, 0.717) is 0 Å². The number of hydrogen-bond donors (Lipinski definition) is 1. The van der Waals surface area contributed by atoms with E-state index in [-0.39, 0.29) is 23.1 Å². The number of rotatable bonds is 5. The Morgan fingerprint density at radius 3 is 2.52 bits per heavy atom. The molecule has 0 saturated carbocycles. The van der Waals surface area contributed by atoms with Gasteiger partial charge in [0.2, 0.25) is 0 Å². The molecule has 21 heavy (non-hydrogen) atoms. The minimum atomic E-state index is -0.345. The Balaban J connectivity index is 2.26. The fraction of sp³-hybridized carbons (Fsp3) is 0.647. The Kier molecular flexibility index (Phi) is 5.22. The highest BCUT2D eigenvalue weighted by Crippen LogP contribution is 2.35. The van der Waals surface area contributed by atoms with Crippen molar-refractivity contribution >= 4 is 0 Å². The van der Waals surface area contributed by atoms with Gasteiger partial charge in [0.15, 0.2) is 11.6 Å². The number of hydrogen-bond acceptors (Lipinski definition) is 3. The molecule has 0 bridgehead atoms. The van der Waals surface area contributed by atoms with Gasteiger partial charge in [0.25, 0.3) is 0 Å². The second-order valence-corrected chi connectivity index (χ2v) is 6.13. The van der Waals surface area contributed by atoms with E-state index in [1.165, 1.54) is 32.4 Å². The first kappa shape index (κ1) is 16.2. The molecule has 1 aliphatic heterocycles. The first-order chi connectivity index (χ1) is 10.0. The molecule has 2 rings (SSSR count). The smallest absolute Gasteiger partial charge is 0.165 e. The van der Waals surface area contributed by atoms with Gasteiger partial charge in [-0.3, -0.25) is 4.90 Å². The molecule has 0 aromatic heterocycles. The van der Waals surface area contributed by atoms with Crippen molar-refractivity contribution in [2.24, 2.45) is 5.73 Å². The van der Waals surface area contributed by atoms with Gasteiger partial charge in [-0.25, -0.2) is 4.39 Å². The van der Waals surface area contributed by atoms with Crippen LogP contribution in [0, 0.1) is 5.82 Å². The van der Waals surface area contributed by atoms with Crippen molar-refractivity contribution in [2.45, 2.75) is 51.1 Å². The number of nitrogens with zero attached hydrogens (tertiary/aromatic N) is 1. The van der Waals surface area contributed by atoms with Gasteiger partial charge in [0.1, 0.15) is 0 Å². The van der Waals surface area contributed by atoms with Crippen LogP contribution in [0.1, 0.15) is 51.1 Å². The summed E-state index contributed by atoms with van der Waals surface area (Å²) >= 11 is 0. The largest absolute Gasteiger partial charge is 0.494 e. The fourth-order valence-corrected chi connectivity index (χ4v) is 3.28. The van der Waals surface area contributed by atoms with Crippen molar-refractivity contribution in [3.05, 3.63) is 29.6 Å². The van der Waals surface area contributed by atoms with Crippen LogP contribution in [0.5, 0.6) is 5.75 Å². The number of likely N-dealkylation sites (tertiary alicyclic amines) is 1. The molecule has 118 valence electrons. The van der Waals surface area contributed by atoms with Gasteiger partial charge < -0.3 is 10.5 Å². The van der Waals surface area contributed by atoms with Crippen LogP contribution < -0.4 is 10.5 Å². The molecule has 3 nitrogen and oxygen atoms in total. The molecule has 0 spiro atoms. The summed E-state index contributed by atoms with van der Waals surface area (Å²) in [6.45, 7) is 6.52. The van der Waals surface area contributed by atoms with E-state index in [0.717, 1.165) is 25.1 Å². The lowest BCUT2D eigenvalue weighted by atomic mass is 9.82. The van der Waals surface area contributed by atoms with Crippen molar-refractivity contribution in [3.8, 4) is 5.75 Å². The van der Waals surface area contributed by atoms with Crippen LogP contribution in [0.2, 0.25) is 0 Å². The van der Waals surface area contributed by atoms with E-state index < -0.39 is 0 Å². The van der Waals surface area contributed by atoms with Crippen molar-refractivity contribution in [2.75, 3.05) is 20.2 Å². The van der Waals surface area contributed by atoms with Crippen LogP contribution in [-0.2, 0) is 0 Å². The van der Waals surface area contributed by atoms with Gasteiger partial charge in [0, 0.05) is 11.6 Å². The Hall–Kier alpha value is -1.13. The lowest BCUT2D eigenvalue weighted by molar-refractivity contribution is 0.0542. The number of methoxy groups -OCH3 is 1. The molecule has 4 heteroatoms. The maximum Gasteiger partial charge on any atom is 0.165 e. The average molecular weight is 294 g/mol. The van der Waals surface area contributed by atoms with Crippen LogP contribution >= 0.6 is 0 Å². The van der Waals surface area contributed by atoms with E-state index >= 15 is 0 Å². The molecular formula is C17H27FN2O. The van der Waals surface area contributed by atoms with Crippen LogP contribution in [0.3, 0.4) is 0 Å². The van der Waals surface area contributed by atoms with E-state index in [4.69, 9.17) is 10.5 Å². The van der Waals surface area contributed by atoms with Gasteiger partial charge in [0.05, 0.1) is 7.11 Å². The highest BCUT2D eigenvalue weighted by Gasteiger charge is 2.37. The van der Waals surface area contributed by atoms with Gasteiger partial charge in [-0.1, -0.05) is 19.4 Å². The molecule has 1 aromatic rings. The third kappa shape index (κ3) is 3.22. The van der Waals surface area contributed by atoms with Crippen molar-refractivity contribution in [1.29, 1.82) is 0 Å². The predicted octanol–water partition coefficient (Wildman–Crippen LogP) is 3.49. The minimum absolute atomic E-state index is 0.137. The molecule has 1 fully saturated rings. The molecule has 2 N–H and O–H groups in total. The van der Waals surface area contributed by atoms with Gasteiger partial charge in [-0.15, -0.1) is 0 Å². The molecule has 1 aromatic carbocycles. The minimum Gasteiger partial charge on any atom is -0.494 e. The van der Waals surface area contributed by atoms with E-state index in [9.17, 15) is 4.39 Å². The first-order valence-corrected chi connectivity index (χ1v) is 7.87. The third-order valence-corrected chi connectivity index (χ3v) is 5.00. The van der Waals surface area contributed by atoms with Crippen LogP contribution in [0.4, 0.5) is 4.39 Å². The first-order valence-electron chi connectivity index (χ1n) is 7.87. The van der Waals surface area contributed by atoms with Crippen molar-refractivity contribution in [1.82, 2.24) is 4.90 Å². The summed E-state index contributed by atoms with van der Waals surface area (Å²) in [5.74, 6) is -0.0790. The number of ether oxygens (including phenoxy) is 1. The summed E-state index contributed by atoms with van der Waals surface area (Å²) in [5, 5.41) is 0. The number of benzene rings is 1. The molecule has 0 amide bonds. The van der Waals surface area contributed by atoms with Gasteiger partial charge in [-0.05, 0) is 57.0 Å². The summed E-state index contributed by atoms with van der Waals surface area (Å²) in [4.78, 5) is 2.48. The predicted molar refractivity (Wildman–Crippen MR) is 84.0 cm³/mol. The van der Waals surface area contributed by atoms with E-state index in [1.54, 1.807) is 6.07 Å². The SMILES string of the molecule is CCC(C)(C(N)c1ccc(OC)c(F)c1)N1CCCCC1. The Morgan fingerprint density at radius 1 is 1.33 bits per heavy atom. The maximum absolute atomic E-state index is 14.0. The second kappa shape index (κ2) is 6.75. The summed E-state index contributed by atoms with van der Waals surface area (Å²) in [6.07, 6.45) is 4.68. The molecular weight excluding hydrogens is 267 g/mol. The van der Waals surface area contributed by atoms with Gasteiger partial charge in [-0.2, -0.15) is 0 Å². The third-order valence-electron chi connectivity index (χ3n) is 5.00. The lowest BCUT2D eigenvalue weighted by Crippen LogP contribution is -2.54. The summed E-state index contributed by atoms with van der Waals surface area (Å²) < 4.78 is 18.9. The summed E-state index contributed by atoms with van der Waals surface area (Å²) in [7, 11) is 1.47. The topological polar surface area (TPSA) is 38.5 Å². The van der Waals surface area contributed by atoms with Crippen LogP contribution in [0.25, 0.3) is 0 Å². The number of halogens is 1.